The van der Waals surface area contributed by atoms with E-state index in [0.29, 0.717) is 26.0 Å². The lowest BCUT2D eigenvalue weighted by atomic mass is 10.2. The second kappa shape index (κ2) is 5.34. The Kier molecular flexibility index (Phi) is 3.10. The van der Waals surface area contributed by atoms with Gasteiger partial charge in [-0.1, -0.05) is 41.1 Å². The van der Waals surface area contributed by atoms with Crippen molar-refractivity contribution in [1.29, 1.82) is 0 Å². The number of aromatic nitrogens is 4. The van der Waals surface area contributed by atoms with Crippen molar-refractivity contribution in [1.82, 2.24) is 19.6 Å². The lowest BCUT2D eigenvalue weighted by Crippen LogP contribution is -2.13. The molecular weight excluding hydrogens is 356 g/mol. The Morgan fingerprint density at radius 2 is 1.80 bits per heavy atom. The number of benzene rings is 2. The lowest BCUT2D eigenvalue weighted by molar-refractivity contribution is 0.943. The molecule has 0 amide bonds. The van der Waals surface area contributed by atoms with Crippen molar-refractivity contribution in [3.05, 3.63) is 70.0 Å². The fraction of sp³-hybridized carbons (Fsp3) is 0. The highest BCUT2D eigenvalue weighted by Crippen LogP contribution is 2.24. The largest absolute Gasteiger partial charge is 0.283 e. The predicted octanol–water partition coefficient (Wildman–Crippen LogP) is 4.17. The first-order valence-corrected chi connectivity index (χ1v) is 8.74. The molecule has 0 N–H and O–H groups in total. The fourth-order valence-electron chi connectivity index (χ4n) is 2.75. The Bertz CT molecular complexity index is 1320. The summed E-state index contributed by atoms with van der Waals surface area (Å²) in [7, 11) is 0. The van der Waals surface area contributed by atoms with Gasteiger partial charge in [-0.3, -0.25) is 4.79 Å². The summed E-state index contributed by atoms with van der Waals surface area (Å²) in [4.78, 5) is 23.1. The standard InChI is InChI=1S/C18H9ClN4OS/c19-12-7-5-10(6-8-12)15-21-18-23(22-15)17(24)13-9-11-3-1-2-4-14(11)20-16(13)25-18/h1-9H. The average molecular weight is 365 g/mol. The van der Waals surface area contributed by atoms with Gasteiger partial charge in [0, 0.05) is 16.0 Å². The van der Waals surface area contributed by atoms with Crippen molar-refractivity contribution in [3.63, 3.8) is 0 Å². The van der Waals surface area contributed by atoms with Crippen molar-refractivity contribution >= 4 is 49.0 Å². The third-order valence-corrected chi connectivity index (χ3v) is 5.18. The molecule has 2 aromatic carbocycles. The minimum Gasteiger partial charge on any atom is -0.267 e. The minimum atomic E-state index is -0.213. The molecule has 0 aliphatic rings. The number of halogens is 1. The summed E-state index contributed by atoms with van der Waals surface area (Å²) < 4.78 is 1.34. The van der Waals surface area contributed by atoms with E-state index in [4.69, 9.17) is 11.6 Å². The van der Waals surface area contributed by atoms with Crippen molar-refractivity contribution in [2.45, 2.75) is 0 Å². The van der Waals surface area contributed by atoms with Gasteiger partial charge >= 0.3 is 0 Å². The van der Waals surface area contributed by atoms with E-state index in [9.17, 15) is 4.79 Å². The molecule has 0 spiro atoms. The van der Waals surface area contributed by atoms with Gasteiger partial charge in [-0.15, -0.1) is 5.10 Å². The zero-order chi connectivity index (χ0) is 17.0. The monoisotopic (exact) mass is 364 g/mol. The van der Waals surface area contributed by atoms with Crippen LogP contribution in [0.25, 0.3) is 37.5 Å². The highest BCUT2D eigenvalue weighted by atomic mass is 35.5. The summed E-state index contributed by atoms with van der Waals surface area (Å²) in [6.07, 6.45) is 0. The lowest BCUT2D eigenvalue weighted by Gasteiger charge is -2.00. The SMILES string of the molecule is O=c1c2cc3ccccc3nc2sc2nc(-c3ccc(Cl)cc3)nn12. The van der Waals surface area contributed by atoms with E-state index in [0.717, 1.165) is 16.5 Å². The van der Waals surface area contributed by atoms with Gasteiger partial charge in [0.2, 0.25) is 4.96 Å². The molecule has 5 aromatic rings. The fourth-order valence-corrected chi connectivity index (χ4v) is 3.79. The topological polar surface area (TPSA) is 60.2 Å². The van der Waals surface area contributed by atoms with Crippen molar-refractivity contribution in [3.8, 4) is 11.4 Å². The van der Waals surface area contributed by atoms with Gasteiger partial charge in [-0.25, -0.2) is 4.98 Å². The number of pyridine rings is 1. The Morgan fingerprint density at radius 1 is 1.00 bits per heavy atom. The average Bonchev–Trinajstić information content (AvgIpc) is 3.05. The van der Waals surface area contributed by atoms with Gasteiger partial charge in [0.1, 0.15) is 4.83 Å². The number of hydrogen-bond acceptors (Lipinski definition) is 5. The zero-order valence-corrected chi connectivity index (χ0v) is 14.3. The van der Waals surface area contributed by atoms with E-state index >= 15 is 0 Å². The number of hydrogen-bond donors (Lipinski definition) is 0. The first kappa shape index (κ1) is 14.5. The van der Waals surface area contributed by atoms with Crippen LogP contribution in [-0.2, 0) is 0 Å². The molecule has 0 saturated heterocycles. The molecule has 0 atom stereocenters. The van der Waals surface area contributed by atoms with Crippen LogP contribution >= 0.6 is 22.9 Å². The van der Waals surface area contributed by atoms with Gasteiger partial charge < -0.3 is 0 Å². The number of rotatable bonds is 1. The van der Waals surface area contributed by atoms with Gasteiger partial charge in [0.05, 0.1) is 10.9 Å². The highest BCUT2D eigenvalue weighted by Gasteiger charge is 2.13. The molecule has 25 heavy (non-hydrogen) atoms. The second-order valence-electron chi connectivity index (χ2n) is 5.58. The molecule has 0 aliphatic carbocycles. The van der Waals surface area contributed by atoms with E-state index in [1.54, 1.807) is 12.1 Å². The summed E-state index contributed by atoms with van der Waals surface area (Å²) in [5, 5.41) is 6.49. The van der Waals surface area contributed by atoms with E-state index < -0.39 is 0 Å². The van der Waals surface area contributed by atoms with E-state index in [2.05, 4.69) is 15.1 Å². The summed E-state index contributed by atoms with van der Waals surface area (Å²) in [6.45, 7) is 0. The Hall–Kier alpha value is -2.83. The van der Waals surface area contributed by atoms with Crippen molar-refractivity contribution < 1.29 is 0 Å². The first-order chi connectivity index (χ1) is 12.2. The predicted molar refractivity (Wildman–Crippen MR) is 100 cm³/mol. The quantitative estimate of drug-likeness (QED) is 0.419. The maximum atomic E-state index is 12.8. The van der Waals surface area contributed by atoms with Crippen LogP contribution < -0.4 is 5.56 Å². The van der Waals surface area contributed by atoms with Crippen LogP contribution in [0.2, 0.25) is 5.02 Å². The summed E-state index contributed by atoms with van der Waals surface area (Å²) >= 11 is 7.27. The molecule has 5 rings (SSSR count). The minimum absolute atomic E-state index is 0.213. The van der Waals surface area contributed by atoms with Gasteiger partial charge in [0.25, 0.3) is 5.56 Å². The molecule has 7 heteroatoms. The molecular formula is C18H9ClN4OS. The van der Waals surface area contributed by atoms with Crippen LogP contribution in [-0.4, -0.2) is 19.6 Å². The summed E-state index contributed by atoms with van der Waals surface area (Å²) in [5.41, 5.74) is 1.45. The zero-order valence-electron chi connectivity index (χ0n) is 12.7. The molecule has 3 heterocycles. The van der Waals surface area contributed by atoms with Gasteiger partial charge in [0.15, 0.2) is 5.82 Å². The molecule has 3 aromatic heterocycles. The third kappa shape index (κ3) is 2.30. The van der Waals surface area contributed by atoms with Gasteiger partial charge in [-0.05, 0) is 36.4 Å². The summed E-state index contributed by atoms with van der Waals surface area (Å²) in [6, 6.07) is 16.8. The Balaban J connectivity index is 1.82. The van der Waals surface area contributed by atoms with Crippen LogP contribution in [0, 0.1) is 0 Å². The maximum Gasteiger partial charge on any atom is 0.283 e. The molecule has 0 radical (unpaired) electrons. The molecule has 0 aliphatic heterocycles. The highest BCUT2D eigenvalue weighted by molar-refractivity contribution is 7.22. The van der Waals surface area contributed by atoms with E-state index in [-0.39, 0.29) is 5.56 Å². The van der Waals surface area contributed by atoms with Crippen LogP contribution in [0.3, 0.4) is 0 Å². The number of fused-ring (bicyclic) bond motifs is 3. The maximum absolute atomic E-state index is 12.8. The Morgan fingerprint density at radius 3 is 2.64 bits per heavy atom. The van der Waals surface area contributed by atoms with E-state index in [1.165, 1.54) is 15.9 Å². The van der Waals surface area contributed by atoms with Crippen molar-refractivity contribution in [2.75, 3.05) is 0 Å². The smallest absolute Gasteiger partial charge is 0.267 e. The second-order valence-corrected chi connectivity index (χ2v) is 6.97. The van der Waals surface area contributed by atoms with Gasteiger partial charge in [-0.2, -0.15) is 9.50 Å². The molecule has 0 bridgehead atoms. The molecule has 0 unspecified atom stereocenters. The first-order valence-electron chi connectivity index (χ1n) is 7.54. The van der Waals surface area contributed by atoms with Crippen LogP contribution in [0.4, 0.5) is 0 Å². The van der Waals surface area contributed by atoms with Crippen LogP contribution in [0.1, 0.15) is 0 Å². The van der Waals surface area contributed by atoms with Crippen LogP contribution in [0.5, 0.6) is 0 Å². The molecule has 5 nitrogen and oxygen atoms in total. The third-order valence-electron chi connectivity index (χ3n) is 3.98. The molecule has 0 saturated carbocycles. The van der Waals surface area contributed by atoms with Crippen LogP contribution in [0.15, 0.2) is 59.4 Å². The molecule has 120 valence electrons. The number of nitrogens with zero attached hydrogens (tertiary/aromatic N) is 4. The molecule has 0 fully saturated rings. The Labute approximate surface area is 150 Å². The summed E-state index contributed by atoms with van der Waals surface area (Å²) in [5.74, 6) is 0.491. The normalized spacial score (nSPS) is 11.6. The van der Waals surface area contributed by atoms with E-state index in [1.807, 2.05) is 42.5 Å². The number of para-hydroxylation sites is 1. The van der Waals surface area contributed by atoms with Crippen molar-refractivity contribution in [2.24, 2.45) is 0 Å².